The van der Waals surface area contributed by atoms with Crippen molar-refractivity contribution in [1.82, 2.24) is 4.90 Å². The molecule has 0 N–H and O–H groups in total. The Morgan fingerprint density at radius 2 is 1.95 bits per heavy atom. The summed E-state index contributed by atoms with van der Waals surface area (Å²) in [5.74, 6) is 0.734. The van der Waals surface area contributed by atoms with E-state index in [2.05, 4.69) is 0 Å². The summed E-state index contributed by atoms with van der Waals surface area (Å²) < 4.78 is 13.8. The first-order chi connectivity index (χ1) is 9.13. The van der Waals surface area contributed by atoms with Gasteiger partial charge in [0.05, 0.1) is 5.56 Å². The second kappa shape index (κ2) is 4.95. The lowest BCUT2D eigenvalue weighted by Gasteiger charge is -2.41. The van der Waals surface area contributed by atoms with Crippen molar-refractivity contribution >= 4 is 5.91 Å². The Hall–Kier alpha value is -1.38. The molecular formula is C16H20FNO. The van der Waals surface area contributed by atoms with E-state index in [1.165, 1.54) is 31.7 Å². The fraction of sp³-hybridized carbons (Fsp3) is 0.562. The number of halogens is 1. The van der Waals surface area contributed by atoms with Crippen LogP contribution in [0.1, 0.15) is 41.6 Å². The van der Waals surface area contributed by atoms with E-state index in [-0.39, 0.29) is 11.5 Å². The van der Waals surface area contributed by atoms with E-state index in [0.717, 1.165) is 18.7 Å². The number of rotatable bonds is 1. The van der Waals surface area contributed by atoms with E-state index in [1.54, 1.807) is 12.1 Å². The summed E-state index contributed by atoms with van der Waals surface area (Å²) in [4.78, 5) is 14.4. The highest BCUT2D eigenvalue weighted by Gasteiger charge is 2.33. The standard InChI is InChI=1S/C16H20FNO/c1-11-5-6-15(17)14(7-11)16(19)18-9-12-3-2-4-13(8-12)10-18/h5-7,12-13H,2-4,8-10H2,1H3. The van der Waals surface area contributed by atoms with Crippen molar-refractivity contribution in [1.29, 1.82) is 0 Å². The monoisotopic (exact) mass is 261 g/mol. The summed E-state index contributed by atoms with van der Waals surface area (Å²) in [6, 6.07) is 4.77. The third kappa shape index (κ3) is 2.51. The van der Waals surface area contributed by atoms with E-state index in [4.69, 9.17) is 0 Å². The topological polar surface area (TPSA) is 20.3 Å². The highest BCUT2D eigenvalue weighted by molar-refractivity contribution is 5.94. The smallest absolute Gasteiger partial charge is 0.256 e. The van der Waals surface area contributed by atoms with Gasteiger partial charge in [0, 0.05) is 13.1 Å². The third-order valence-corrected chi connectivity index (χ3v) is 4.49. The minimum Gasteiger partial charge on any atom is -0.338 e. The summed E-state index contributed by atoms with van der Waals surface area (Å²) >= 11 is 0. The van der Waals surface area contributed by atoms with Crippen molar-refractivity contribution in [3.8, 4) is 0 Å². The molecule has 2 atom stereocenters. The van der Waals surface area contributed by atoms with Crippen LogP contribution in [-0.4, -0.2) is 23.9 Å². The Bertz CT molecular complexity index is 488. The summed E-state index contributed by atoms with van der Waals surface area (Å²) in [5.41, 5.74) is 1.17. The number of fused-ring (bicyclic) bond motifs is 2. The molecule has 19 heavy (non-hydrogen) atoms. The molecule has 1 aromatic carbocycles. The zero-order chi connectivity index (χ0) is 13.4. The molecule has 0 aromatic heterocycles. The van der Waals surface area contributed by atoms with Crippen molar-refractivity contribution in [2.45, 2.75) is 32.6 Å². The van der Waals surface area contributed by atoms with Gasteiger partial charge < -0.3 is 4.90 Å². The van der Waals surface area contributed by atoms with Gasteiger partial charge in [-0.25, -0.2) is 4.39 Å². The molecule has 1 aliphatic carbocycles. The molecule has 102 valence electrons. The predicted molar refractivity (Wildman–Crippen MR) is 72.5 cm³/mol. The molecule has 1 amide bonds. The zero-order valence-corrected chi connectivity index (χ0v) is 11.4. The van der Waals surface area contributed by atoms with Crippen molar-refractivity contribution in [2.24, 2.45) is 11.8 Å². The van der Waals surface area contributed by atoms with Gasteiger partial charge in [-0.15, -0.1) is 0 Å². The highest BCUT2D eigenvalue weighted by atomic mass is 19.1. The Kier molecular flexibility index (Phi) is 3.29. The minimum atomic E-state index is -0.397. The maximum atomic E-state index is 13.8. The van der Waals surface area contributed by atoms with E-state index in [0.29, 0.717) is 11.8 Å². The molecule has 3 rings (SSSR count). The van der Waals surface area contributed by atoms with Crippen molar-refractivity contribution in [3.63, 3.8) is 0 Å². The summed E-state index contributed by atoms with van der Waals surface area (Å²) in [5, 5.41) is 0. The van der Waals surface area contributed by atoms with Crippen molar-refractivity contribution in [3.05, 3.63) is 35.1 Å². The van der Waals surface area contributed by atoms with Crippen LogP contribution in [0, 0.1) is 24.6 Å². The van der Waals surface area contributed by atoms with Crippen LogP contribution < -0.4 is 0 Å². The summed E-state index contributed by atoms with van der Waals surface area (Å²) in [6.07, 6.45) is 4.98. The lowest BCUT2D eigenvalue weighted by atomic mass is 9.78. The lowest BCUT2D eigenvalue weighted by Crippen LogP contribution is -2.45. The molecule has 3 heteroatoms. The molecule has 2 nitrogen and oxygen atoms in total. The molecule has 0 spiro atoms. The Morgan fingerprint density at radius 1 is 1.26 bits per heavy atom. The molecule has 1 heterocycles. The average molecular weight is 261 g/mol. The van der Waals surface area contributed by atoms with Gasteiger partial charge in [0.1, 0.15) is 5.82 Å². The predicted octanol–water partition coefficient (Wildman–Crippen LogP) is 3.40. The van der Waals surface area contributed by atoms with Crippen LogP contribution in [0.5, 0.6) is 0 Å². The molecule has 2 aliphatic rings. The first kappa shape index (κ1) is 12.6. The Labute approximate surface area is 113 Å². The number of carbonyl (C=O) groups is 1. The quantitative estimate of drug-likeness (QED) is 0.758. The molecule has 2 bridgehead atoms. The normalized spacial score (nSPS) is 26.3. The van der Waals surface area contributed by atoms with Gasteiger partial charge in [-0.2, -0.15) is 0 Å². The highest BCUT2D eigenvalue weighted by Crippen LogP contribution is 2.35. The second-order valence-corrected chi connectivity index (χ2v) is 6.09. The summed E-state index contributed by atoms with van der Waals surface area (Å²) in [7, 11) is 0. The molecule has 2 unspecified atom stereocenters. The molecular weight excluding hydrogens is 241 g/mol. The minimum absolute atomic E-state index is 0.127. The maximum Gasteiger partial charge on any atom is 0.256 e. The number of hydrogen-bond acceptors (Lipinski definition) is 1. The van der Waals surface area contributed by atoms with Gasteiger partial charge in [-0.05, 0) is 50.2 Å². The second-order valence-electron chi connectivity index (χ2n) is 6.09. The average Bonchev–Trinajstić information content (AvgIpc) is 2.40. The van der Waals surface area contributed by atoms with E-state index < -0.39 is 5.82 Å². The number of piperidine rings is 1. The van der Waals surface area contributed by atoms with Gasteiger partial charge in [0.2, 0.25) is 0 Å². The fourth-order valence-electron chi connectivity index (χ4n) is 3.57. The maximum absolute atomic E-state index is 13.8. The number of benzene rings is 1. The van der Waals surface area contributed by atoms with Gasteiger partial charge in [0.15, 0.2) is 0 Å². The molecule has 1 aliphatic heterocycles. The number of amides is 1. The Morgan fingerprint density at radius 3 is 2.63 bits per heavy atom. The molecule has 2 fully saturated rings. The first-order valence-corrected chi connectivity index (χ1v) is 7.19. The number of hydrogen-bond donors (Lipinski definition) is 0. The largest absolute Gasteiger partial charge is 0.338 e. The SMILES string of the molecule is Cc1ccc(F)c(C(=O)N2CC3CCCC(C3)C2)c1. The van der Waals surface area contributed by atoms with Gasteiger partial charge in [0.25, 0.3) is 5.91 Å². The van der Waals surface area contributed by atoms with Crippen LogP contribution in [0.15, 0.2) is 18.2 Å². The number of nitrogens with zero attached hydrogens (tertiary/aromatic N) is 1. The van der Waals surface area contributed by atoms with Crippen LogP contribution in [0.3, 0.4) is 0 Å². The summed E-state index contributed by atoms with van der Waals surface area (Å²) in [6.45, 7) is 3.51. The van der Waals surface area contributed by atoms with Crippen LogP contribution in [-0.2, 0) is 0 Å². The zero-order valence-electron chi connectivity index (χ0n) is 11.4. The van der Waals surface area contributed by atoms with Crippen molar-refractivity contribution in [2.75, 3.05) is 13.1 Å². The van der Waals surface area contributed by atoms with Gasteiger partial charge >= 0.3 is 0 Å². The van der Waals surface area contributed by atoms with E-state index in [1.807, 2.05) is 11.8 Å². The van der Waals surface area contributed by atoms with Gasteiger partial charge in [-0.1, -0.05) is 18.1 Å². The number of carbonyl (C=O) groups excluding carboxylic acids is 1. The van der Waals surface area contributed by atoms with Crippen LogP contribution in [0.4, 0.5) is 4.39 Å². The van der Waals surface area contributed by atoms with Gasteiger partial charge in [-0.3, -0.25) is 4.79 Å². The molecule has 1 saturated carbocycles. The van der Waals surface area contributed by atoms with Crippen LogP contribution in [0.2, 0.25) is 0 Å². The van der Waals surface area contributed by atoms with Crippen LogP contribution >= 0.6 is 0 Å². The fourth-order valence-corrected chi connectivity index (χ4v) is 3.57. The molecule has 0 radical (unpaired) electrons. The van der Waals surface area contributed by atoms with Crippen molar-refractivity contribution < 1.29 is 9.18 Å². The first-order valence-electron chi connectivity index (χ1n) is 7.19. The number of aryl methyl sites for hydroxylation is 1. The molecule has 1 saturated heterocycles. The Balaban J connectivity index is 1.82. The van der Waals surface area contributed by atoms with E-state index in [9.17, 15) is 9.18 Å². The van der Waals surface area contributed by atoms with E-state index >= 15 is 0 Å². The third-order valence-electron chi connectivity index (χ3n) is 4.49. The number of likely N-dealkylation sites (tertiary alicyclic amines) is 1. The lowest BCUT2D eigenvalue weighted by molar-refractivity contribution is 0.0500. The molecule has 1 aromatic rings. The van der Waals surface area contributed by atoms with Crippen LogP contribution in [0.25, 0.3) is 0 Å².